The monoisotopic (exact) mass is 500 g/mol. The Morgan fingerprint density at radius 1 is 1.19 bits per heavy atom. The number of nitrogens with zero attached hydrogens (tertiary/aromatic N) is 2. The molecule has 2 aromatic carbocycles. The van der Waals surface area contributed by atoms with Crippen molar-refractivity contribution in [2.75, 3.05) is 17.2 Å². The summed E-state index contributed by atoms with van der Waals surface area (Å²) in [6.45, 7) is 0.461. The highest BCUT2D eigenvalue weighted by atomic mass is 16.5. The van der Waals surface area contributed by atoms with Gasteiger partial charge in [-0.2, -0.15) is 5.26 Å². The van der Waals surface area contributed by atoms with Crippen molar-refractivity contribution in [2.24, 2.45) is 5.92 Å². The van der Waals surface area contributed by atoms with Gasteiger partial charge in [-0.15, -0.1) is 0 Å². The predicted octanol–water partition coefficient (Wildman–Crippen LogP) is 3.88. The summed E-state index contributed by atoms with van der Waals surface area (Å²) in [6.07, 6.45) is 4.93. The van der Waals surface area contributed by atoms with E-state index in [9.17, 15) is 19.6 Å². The van der Waals surface area contributed by atoms with Gasteiger partial charge in [0.15, 0.2) is 0 Å². The molecule has 0 bridgehead atoms. The van der Waals surface area contributed by atoms with Crippen LogP contribution in [0.5, 0.6) is 5.75 Å². The number of nitriles is 1. The van der Waals surface area contributed by atoms with Crippen molar-refractivity contribution in [3.63, 3.8) is 0 Å². The minimum atomic E-state index is -0.884. The van der Waals surface area contributed by atoms with Crippen molar-refractivity contribution >= 4 is 29.5 Å². The highest BCUT2D eigenvalue weighted by Crippen LogP contribution is 2.61. The molecule has 2 aliphatic rings. The number of carbonyl (C=O) groups excluding carboxylic acids is 2. The molecule has 5 rings (SSSR count). The molecule has 188 valence electrons. The van der Waals surface area contributed by atoms with Gasteiger partial charge in [-0.05, 0) is 61.6 Å². The molecule has 1 saturated carbocycles. The smallest absolute Gasteiger partial charge is 0.303 e. The van der Waals surface area contributed by atoms with Crippen molar-refractivity contribution in [3.05, 3.63) is 71.1 Å². The number of carboxylic acid groups (broad SMARTS) is 1. The zero-order valence-corrected chi connectivity index (χ0v) is 19.8. The number of carboxylic acids is 1. The molecule has 3 aromatic rings. The number of benzene rings is 2. The molecule has 3 N–H and O–H groups in total. The van der Waals surface area contributed by atoms with E-state index < -0.39 is 11.4 Å². The van der Waals surface area contributed by atoms with E-state index in [2.05, 4.69) is 21.7 Å². The van der Waals surface area contributed by atoms with Crippen LogP contribution >= 0.6 is 0 Å². The lowest BCUT2D eigenvalue weighted by Gasteiger charge is -2.27. The Hall–Kier alpha value is -4.65. The van der Waals surface area contributed by atoms with Crippen LogP contribution in [0.4, 0.5) is 11.7 Å². The first-order valence-electron chi connectivity index (χ1n) is 11.9. The number of carbonyl (C=O) groups is 3. The molecule has 2 atom stereocenters. The summed E-state index contributed by atoms with van der Waals surface area (Å²) in [5, 5.41) is 23.8. The normalized spacial score (nSPS) is 19.3. The number of anilines is 2. The molecule has 1 spiro atoms. The Kier molecular flexibility index (Phi) is 6.36. The Labute approximate surface area is 212 Å². The number of aliphatic carboxylic acids is 1. The molecule has 10 heteroatoms. The van der Waals surface area contributed by atoms with Crippen LogP contribution in [0.3, 0.4) is 0 Å². The second-order valence-corrected chi connectivity index (χ2v) is 9.23. The first-order chi connectivity index (χ1) is 17.9. The van der Waals surface area contributed by atoms with Crippen molar-refractivity contribution in [2.45, 2.75) is 37.5 Å². The second-order valence-electron chi connectivity index (χ2n) is 9.23. The molecular formula is C27H24N4O6. The van der Waals surface area contributed by atoms with Crippen LogP contribution in [0.1, 0.15) is 52.7 Å². The van der Waals surface area contributed by atoms with E-state index in [0.717, 1.165) is 11.1 Å². The van der Waals surface area contributed by atoms with Crippen molar-refractivity contribution < 1.29 is 28.6 Å². The zero-order chi connectivity index (χ0) is 26.0. The molecule has 1 aromatic heterocycles. The Morgan fingerprint density at radius 3 is 2.81 bits per heavy atom. The van der Waals surface area contributed by atoms with Gasteiger partial charge in [0.05, 0.1) is 24.4 Å². The van der Waals surface area contributed by atoms with Crippen LogP contribution in [0, 0.1) is 17.2 Å². The van der Waals surface area contributed by atoms with Gasteiger partial charge >= 0.3 is 12.0 Å². The summed E-state index contributed by atoms with van der Waals surface area (Å²) >= 11 is 0. The second kappa shape index (κ2) is 9.78. The average molecular weight is 501 g/mol. The summed E-state index contributed by atoms with van der Waals surface area (Å²) in [4.78, 5) is 40.9. The number of hydrogen-bond acceptors (Lipinski definition) is 7. The van der Waals surface area contributed by atoms with Gasteiger partial charge in [-0.1, -0.05) is 6.07 Å². The van der Waals surface area contributed by atoms with Gasteiger partial charge in [-0.25, -0.2) is 4.98 Å². The maximum Gasteiger partial charge on any atom is 0.303 e. The van der Waals surface area contributed by atoms with Gasteiger partial charge in [0.1, 0.15) is 12.0 Å². The van der Waals surface area contributed by atoms with Gasteiger partial charge in [0.25, 0.3) is 5.91 Å². The summed E-state index contributed by atoms with van der Waals surface area (Å²) in [6, 6.07) is 12.4. The van der Waals surface area contributed by atoms with E-state index in [4.69, 9.17) is 14.3 Å². The molecule has 0 saturated heterocycles. The highest BCUT2D eigenvalue weighted by molar-refractivity contribution is 6.03. The van der Waals surface area contributed by atoms with Crippen LogP contribution < -0.4 is 15.4 Å². The van der Waals surface area contributed by atoms with Crippen LogP contribution in [0.25, 0.3) is 0 Å². The van der Waals surface area contributed by atoms with E-state index in [1.165, 1.54) is 12.5 Å². The number of ether oxygens (including phenoxy) is 1. The molecule has 0 unspecified atom stereocenters. The minimum absolute atomic E-state index is 0.0157. The summed E-state index contributed by atoms with van der Waals surface area (Å²) < 4.78 is 10.9. The number of amides is 2. The lowest BCUT2D eigenvalue weighted by atomic mass is 9.86. The lowest BCUT2D eigenvalue weighted by Crippen LogP contribution is -2.27. The lowest BCUT2D eigenvalue weighted by molar-refractivity contribution is -0.137. The molecule has 1 aliphatic carbocycles. The molecule has 37 heavy (non-hydrogen) atoms. The predicted molar refractivity (Wildman–Crippen MR) is 131 cm³/mol. The fourth-order valence-electron chi connectivity index (χ4n) is 4.97. The number of aryl methyl sites for hydroxylation is 1. The Balaban J connectivity index is 1.35. The van der Waals surface area contributed by atoms with Crippen LogP contribution in [0.15, 0.2) is 53.3 Å². The fourth-order valence-corrected chi connectivity index (χ4v) is 4.97. The minimum Gasteiger partial charge on any atom is -0.493 e. The number of fused-ring (bicyclic) bond motifs is 2. The third-order valence-corrected chi connectivity index (χ3v) is 6.96. The number of rotatable bonds is 8. The third kappa shape index (κ3) is 4.89. The largest absolute Gasteiger partial charge is 0.493 e. The third-order valence-electron chi connectivity index (χ3n) is 6.96. The number of nitrogens with one attached hydrogen (secondary N) is 2. The topological polar surface area (TPSA) is 155 Å². The van der Waals surface area contributed by atoms with Crippen LogP contribution in [-0.4, -0.2) is 34.5 Å². The van der Waals surface area contributed by atoms with Gasteiger partial charge < -0.3 is 19.6 Å². The maximum absolute atomic E-state index is 13.4. The number of aromatic nitrogens is 1. The molecule has 1 aliphatic heterocycles. The first kappa shape index (κ1) is 24.1. The Morgan fingerprint density at radius 2 is 2.05 bits per heavy atom. The van der Waals surface area contributed by atoms with Gasteiger partial charge in [-0.3, -0.25) is 19.7 Å². The summed E-state index contributed by atoms with van der Waals surface area (Å²) in [5.74, 6) is -1.14. The molecule has 2 heterocycles. The quantitative estimate of drug-likeness (QED) is 0.421. The van der Waals surface area contributed by atoms with Crippen molar-refractivity contribution in [1.82, 2.24) is 4.98 Å². The first-order valence-corrected chi connectivity index (χ1v) is 11.9. The fraction of sp³-hybridized carbons (Fsp3) is 0.296. The number of oxazole rings is 1. The summed E-state index contributed by atoms with van der Waals surface area (Å²) in [5.41, 5.74) is 2.46. The SMILES string of the molecule is N#Cc1ccc(CCCC(=O)O)c(NC(=O)[C@@H]2C[C@]23CCOc2ccc(C(=O)Nc4ncco4)cc23)c1. The molecule has 2 amide bonds. The van der Waals surface area contributed by atoms with E-state index in [1.807, 2.05) is 0 Å². The van der Waals surface area contributed by atoms with Crippen LogP contribution in [-0.2, 0) is 21.4 Å². The molecule has 1 fully saturated rings. The molecule has 0 radical (unpaired) electrons. The van der Waals surface area contributed by atoms with E-state index >= 15 is 0 Å². The Bertz CT molecular complexity index is 1410. The van der Waals surface area contributed by atoms with Crippen LogP contribution in [0.2, 0.25) is 0 Å². The van der Waals surface area contributed by atoms with E-state index in [1.54, 1.807) is 36.4 Å². The average Bonchev–Trinajstić information content (AvgIpc) is 3.37. The van der Waals surface area contributed by atoms with E-state index in [0.29, 0.717) is 54.9 Å². The molecular weight excluding hydrogens is 476 g/mol. The standard InChI is InChI=1S/C27H24N4O6/c28-15-16-4-5-17(2-1-3-23(32)33)21(12-16)30-25(35)20-14-27(20)8-10-36-22-7-6-18(13-19(22)27)24(34)31-26-29-9-11-37-26/h4-7,9,11-13,20H,1-3,8,10,14H2,(H,30,35)(H,32,33)(H,29,31,34)/t20-,27-/m0/s1. The zero-order valence-electron chi connectivity index (χ0n) is 19.8. The van der Waals surface area contributed by atoms with Crippen molar-refractivity contribution in [3.8, 4) is 11.8 Å². The molecule has 10 nitrogen and oxygen atoms in total. The highest BCUT2D eigenvalue weighted by Gasteiger charge is 2.61. The number of hydrogen-bond donors (Lipinski definition) is 3. The maximum atomic E-state index is 13.4. The van der Waals surface area contributed by atoms with Crippen molar-refractivity contribution in [1.29, 1.82) is 5.26 Å². The van der Waals surface area contributed by atoms with E-state index in [-0.39, 0.29) is 30.2 Å². The van der Waals surface area contributed by atoms with Gasteiger partial charge in [0.2, 0.25) is 5.91 Å². The van der Waals surface area contributed by atoms with Gasteiger partial charge in [0, 0.05) is 34.6 Å². The summed E-state index contributed by atoms with van der Waals surface area (Å²) in [7, 11) is 0.